The third-order valence-electron chi connectivity index (χ3n) is 5.72. The zero-order chi connectivity index (χ0) is 20.6. The van der Waals surface area contributed by atoms with E-state index in [0.29, 0.717) is 16.5 Å². The van der Waals surface area contributed by atoms with Gasteiger partial charge in [0.1, 0.15) is 5.54 Å². The van der Waals surface area contributed by atoms with E-state index in [0.717, 1.165) is 36.1 Å². The summed E-state index contributed by atoms with van der Waals surface area (Å²) in [5, 5.41) is 9.42. The first-order valence-corrected chi connectivity index (χ1v) is 9.97. The predicted octanol–water partition coefficient (Wildman–Crippen LogP) is 4.61. The van der Waals surface area contributed by atoms with Gasteiger partial charge in [0.05, 0.1) is 13.2 Å². The number of aliphatic hydroxyl groups is 1. The molecule has 0 bridgehead atoms. The summed E-state index contributed by atoms with van der Waals surface area (Å²) in [6, 6.07) is 13.2. The molecule has 29 heavy (non-hydrogen) atoms. The van der Waals surface area contributed by atoms with Gasteiger partial charge in [-0.3, -0.25) is 9.69 Å². The van der Waals surface area contributed by atoms with Crippen molar-refractivity contribution in [3.8, 4) is 0 Å². The van der Waals surface area contributed by atoms with Crippen LogP contribution in [-0.2, 0) is 4.79 Å². The van der Waals surface area contributed by atoms with Crippen molar-refractivity contribution in [2.45, 2.75) is 31.7 Å². The summed E-state index contributed by atoms with van der Waals surface area (Å²) in [5.41, 5.74) is 3.36. The number of aliphatic hydroxyl groups excluding tert-OH is 1. The van der Waals surface area contributed by atoms with Gasteiger partial charge in [-0.1, -0.05) is 30.4 Å². The summed E-state index contributed by atoms with van der Waals surface area (Å²) >= 11 is 5.78. The molecule has 0 atom stereocenters. The summed E-state index contributed by atoms with van der Waals surface area (Å²) in [5.74, 6) is 0.00738. The van der Waals surface area contributed by atoms with Gasteiger partial charge < -0.3 is 10.0 Å². The minimum atomic E-state index is -0.619. The second-order valence-corrected chi connectivity index (χ2v) is 7.77. The Morgan fingerprint density at radius 3 is 2.45 bits per heavy atom. The van der Waals surface area contributed by atoms with E-state index < -0.39 is 5.54 Å². The molecule has 0 aromatic heterocycles. The highest BCUT2D eigenvalue weighted by molar-refractivity contribution is 7.81. The smallest absolute Gasteiger partial charge is 0.259 e. The Bertz CT molecular complexity index is 1050. The fourth-order valence-corrected chi connectivity index (χ4v) is 4.50. The number of carbonyl (C=O) groups excluding carboxylic acids is 1. The van der Waals surface area contributed by atoms with E-state index >= 15 is 0 Å². The van der Waals surface area contributed by atoms with E-state index in [4.69, 9.17) is 23.9 Å². The zero-order valence-electron chi connectivity index (χ0n) is 16.1. The first-order valence-electron chi connectivity index (χ1n) is 9.56. The molecule has 1 heterocycles. The molecule has 6 heteroatoms. The average Bonchev–Trinajstić information content (AvgIpc) is 2.93. The molecular weight excluding hydrogens is 382 g/mol. The first-order chi connectivity index (χ1) is 14.0. The Morgan fingerprint density at radius 1 is 1.21 bits per heavy atom. The molecule has 4 rings (SSSR count). The summed E-state index contributed by atoms with van der Waals surface area (Å²) in [4.78, 5) is 20.6. The van der Waals surface area contributed by atoms with Crippen LogP contribution in [0.2, 0.25) is 0 Å². The number of aryl methyl sites for hydroxylation is 1. The molecule has 1 spiro atoms. The van der Waals surface area contributed by atoms with Gasteiger partial charge in [-0.2, -0.15) is 0 Å². The van der Waals surface area contributed by atoms with E-state index in [-0.39, 0.29) is 12.5 Å². The van der Waals surface area contributed by atoms with Crippen molar-refractivity contribution >= 4 is 46.4 Å². The number of nitrogens with zero attached hydrogens (tertiary/aromatic N) is 3. The van der Waals surface area contributed by atoms with E-state index in [9.17, 15) is 4.79 Å². The third kappa shape index (κ3) is 3.03. The molecule has 2 aliphatic rings. The SMILES string of the molecule is [C-]#[N+]c1ccc(N2C(=O)C3(CCC3)N(c3ccc(/C=C/CO)cc3)C2=S)cc1C. The van der Waals surface area contributed by atoms with Gasteiger partial charge in [0.2, 0.25) is 0 Å². The summed E-state index contributed by atoms with van der Waals surface area (Å²) in [7, 11) is 0. The van der Waals surface area contributed by atoms with Gasteiger partial charge in [0, 0.05) is 11.4 Å². The predicted molar refractivity (Wildman–Crippen MR) is 119 cm³/mol. The molecule has 1 saturated heterocycles. The number of hydrogen-bond donors (Lipinski definition) is 1. The van der Waals surface area contributed by atoms with Crippen molar-refractivity contribution in [2.24, 2.45) is 0 Å². The van der Waals surface area contributed by atoms with Crippen LogP contribution < -0.4 is 9.80 Å². The van der Waals surface area contributed by atoms with Crippen LogP contribution in [0.15, 0.2) is 48.5 Å². The third-order valence-corrected chi connectivity index (χ3v) is 6.08. The van der Waals surface area contributed by atoms with Crippen LogP contribution in [0.4, 0.5) is 17.1 Å². The van der Waals surface area contributed by atoms with Gasteiger partial charge >= 0.3 is 0 Å². The monoisotopic (exact) mass is 403 g/mol. The highest BCUT2D eigenvalue weighted by Gasteiger charge is 2.59. The standard InChI is InChI=1S/C23H21N3O2S/c1-16-15-19(10-11-20(16)24-2)25-21(28)23(12-4-13-23)26(22(25)29)18-8-6-17(7-9-18)5-3-14-27/h3,5-11,15,27H,4,12-14H2,1H3/b5-3+. The van der Waals surface area contributed by atoms with E-state index in [1.54, 1.807) is 23.1 Å². The molecule has 2 aromatic rings. The van der Waals surface area contributed by atoms with Crippen molar-refractivity contribution in [2.75, 3.05) is 16.4 Å². The number of benzene rings is 2. The van der Waals surface area contributed by atoms with Gasteiger partial charge in [0.25, 0.3) is 5.91 Å². The Kier molecular flexibility index (Phi) is 4.95. The molecule has 1 N–H and O–H groups in total. The number of thiocarbonyl (C=S) groups is 1. The van der Waals surface area contributed by atoms with E-state index in [1.807, 2.05) is 48.2 Å². The fourth-order valence-electron chi connectivity index (χ4n) is 4.04. The first kappa shape index (κ1) is 19.3. The van der Waals surface area contributed by atoms with Gasteiger partial charge in [-0.05, 0) is 73.8 Å². The Balaban J connectivity index is 1.73. The van der Waals surface area contributed by atoms with E-state index in [1.165, 1.54) is 0 Å². The number of hydrogen-bond acceptors (Lipinski definition) is 3. The molecule has 1 amide bonds. The van der Waals surface area contributed by atoms with Crippen LogP contribution >= 0.6 is 12.2 Å². The van der Waals surface area contributed by atoms with Crippen LogP contribution in [-0.4, -0.2) is 28.3 Å². The summed E-state index contributed by atoms with van der Waals surface area (Å²) in [6.07, 6.45) is 6.07. The maximum Gasteiger partial charge on any atom is 0.259 e. The zero-order valence-corrected chi connectivity index (χ0v) is 16.9. The molecule has 1 aliphatic heterocycles. The van der Waals surface area contributed by atoms with Gasteiger partial charge in [-0.25, -0.2) is 4.85 Å². The lowest BCUT2D eigenvalue weighted by molar-refractivity contribution is -0.123. The van der Waals surface area contributed by atoms with Crippen molar-refractivity contribution in [3.63, 3.8) is 0 Å². The lowest BCUT2D eigenvalue weighted by Crippen LogP contribution is -2.55. The van der Waals surface area contributed by atoms with Crippen LogP contribution in [0.1, 0.15) is 30.4 Å². The number of anilines is 2. The number of carbonyl (C=O) groups is 1. The van der Waals surface area contributed by atoms with Gasteiger partial charge in [-0.15, -0.1) is 0 Å². The molecule has 1 saturated carbocycles. The molecule has 0 radical (unpaired) electrons. The topological polar surface area (TPSA) is 48.1 Å². The Morgan fingerprint density at radius 2 is 1.90 bits per heavy atom. The van der Waals surface area contributed by atoms with Crippen molar-refractivity contribution in [3.05, 3.63) is 71.1 Å². The minimum absolute atomic E-state index is 0.00373. The lowest BCUT2D eigenvalue weighted by atomic mass is 9.75. The maximum atomic E-state index is 13.5. The molecule has 2 aromatic carbocycles. The quantitative estimate of drug-likeness (QED) is 0.598. The normalized spacial score (nSPS) is 17.8. The maximum absolute atomic E-state index is 13.5. The summed E-state index contributed by atoms with van der Waals surface area (Å²) in [6.45, 7) is 9.11. The fraction of sp³-hybridized carbons (Fsp3) is 0.261. The number of amides is 1. The van der Waals surface area contributed by atoms with Crippen LogP contribution in [0.25, 0.3) is 10.9 Å². The Labute approximate surface area is 175 Å². The largest absolute Gasteiger partial charge is 0.392 e. The lowest BCUT2D eigenvalue weighted by Gasteiger charge is -2.43. The molecule has 2 fully saturated rings. The number of rotatable bonds is 4. The second-order valence-electron chi connectivity index (χ2n) is 7.40. The van der Waals surface area contributed by atoms with Crippen molar-refractivity contribution in [1.82, 2.24) is 0 Å². The van der Waals surface area contributed by atoms with Crippen molar-refractivity contribution < 1.29 is 9.90 Å². The van der Waals surface area contributed by atoms with Crippen LogP contribution in [0.5, 0.6) is 0 Å². The van der Waals surface area contributed by atoms with Crippen LogP contribution in [0, 0.1) is 13.5 Å². The summed E-state index contributed by atoms with van der Waals surface area (Å²) < 4.78 is 0. The van der Waals surface area contributed by atoms with Crippen molar-refractivity contribution in [1.29, 1.82) is 0 Å². The molecule has 1 aliphatic carbocycles. The second kappa shape index (κ2) is 7.43. The Hall–Kier alpha value is -3.01. The molecular formula is C23H21N3O2S. The van der Waals surface area contributed by atoms with E-state index in [2.05, 4.69) is 4.85 Å². The molecule has 0 unspecified atom stereocenters. The molecule has 5 nitrogen and oxygen atoms in total. The highest BCUT2D eigenvalue weighted by atomic mass is 32.1. The highest BCUT2D eigenvalue weighted by Crippen LogP contribution is 2.48. The molecule has 146 valence electrons. The average molecular weight is 404 g/mol. The minimum Gasteiger partial charge on any atom is -0.392 e. The van der Waals surface area contributed by atoms with Gasteiger partial charge in [0.15, 0.2) is 10.8 Å². The van der Waals surface area contributed by atoms with Crippen LogP contribution in [0.3, 0.4) is 0 Å².